The molecule has 0 N–H and O–H groups in total. The summed E-state index contributed by atoms with van der Waals surface area (Å²) < 4.78 is 40.3. The molecule has 9 heteroatoms. The molecule has 1 aliphatic rings. The lowest BCUT2D eigenvalue weighted by Crippen LogP contribution is -2.50. The molecule has 0 radical (unpaired) electrons. The molecule has 0 saturated carbocycles. The van der Waals surface area contributed by atoms with E-state index in [1.165, 1.54) is 44.8 Å². The van der Waals surface area contributed by atoms with E-state index in [-0.39, 0.29) is 42.7 Å². The topological polar surface area (TPSA) is 57.7 Å². The highest BCUT2D eigenvalue weighted by Gasteiger charge is 2.30. The van der Waals surface area contributed by atoms with Crippen LogP contribution < -0.4 is 0 Å². The van der Waals surface area contributed by atoms with E-state index in [1.807, 2.05) is 0 Å². The predicted molar refractivity (Wildman–Crippen MR) is 100 cm³/mol. The zero-order valence-electron chi connectivity index (χ0n) is 13.6. The number of thiophene rings is 1. The van der Waals surface area contributed by atoms with Gasteiger partial charge in [0.15, 0.2) is 0 Å². The standard InChI is InChI=1S/C17H16ClFN2O3S2/c18-14-3-1-4-15(19)13(14)6-7-16(22)20-8-10-21(11-9-20)26(23,24)17-5-2-12-25-17/h1-7,12H,8-11H2/b7-6+. The van der Waals surface area contributed by atoms with E-state index in [2.05, 4.69) is 0 Å². The first-order valence-corrected chi connectivity index (χ1v) is 10.5. The zero-order valence-corrected chi connectivity index (χ0v) is 16.0. The van der Waals surface area contributed by atoms with Crippen molar-refractivity contribution in [3.63, 3.8) is 0 Å². The summed E-state index contributed by atoms with van der Waals surface area (Å²) in [5, 5.41) is 1.94. The van der Waals surface area contributed by atoms with Crippen LogP contribution in [0, 0.1) is 5.82 Å². The molecule has 138 valence electrons. The number of amides is 1. The second-order valence-electron chi connectivity index (χ2n) is 5.63. The average molecular weight is 415 g/mol. The summed E-state index contributed by atoms with van der Waals surface area (Å²) in [6.45, 7) is 0.998. The first kappa shape index (κ1) is 19.0. The lowest BCUT2D eigenvalue weighted by atomic mass is 10.2. The fraction of sp³-hybridized carbons (Fsp3) is 0.235. The van der Waals surface area contributed by atoms with Gasteiger partial charge < -0.3 is 4.90 Å². The van der Waals surface area contributed by atoms with Crippen LogP contribution in [0.25, 0.3) is 6.08 Å². The lowest BCUT2D eigenvalue weighted by molar-refractivity contribution is -0.127. The highest BCUT2D eigenvalue weighted by Crippen LogP contribution is 2.23. The molecule has 26 heavy (non-hydrogen) atoms. The maximum atomic E-state index is 13.7. The third kappa shape index (κ3) is 3.98. The predicted octanol–water partition coefficient (Wildman–Crippen LogP) is 3.09. The van der Waals surface area contributed by atoms with Gasteiger partial charge in [0.1, 0.15) is 10.0 Å². The van der Waals surface area contributed by atoms with Crippen molar-refractivity contribution in [1.29, 1.82) is 0 Å². The summed E-state index contributed by atoms with van der Waals surface area (Å²) in [4.78, 5) is 13.8. The van der Waals surface area contributed by atoms with Crippen LogP contribution in [0.3, 0.4) is 0 Å². The van der Waals surface area contributed by atoms with Gasteiger partial charge in [-0.2, -0.15) is 4.31 Å². The lowest BCUT2D eigenvalue weighted by Gasteiger charge is -2.33. The van der Waals surface area contributed by atoms with Gasteiger partial charge in [0.05, 0.1) is 5.02 Å². The van der Waals surface area contributed by atoms with E-state index in [1.54, 1.807) is 23.6 Å². The molecule has 3 rings (SSSR count). The fourth-order valence-electron chi connectivity index (χ4n) is 2.62. The van der Waals surface area contributed by atoms with Crippen molar-refractivity contribution in [3.05, 3.63) is 58.2 Å². The smallest absolute Gasteiger partial charge is 0.252 e. The number of halogens is 2. The van der Waals surface area contributed by atoms with Crippen LogP contribution in [0.4, 0.5) is 4.39 Å². The Balaban J connectivity index is 1.63. The van der Waals surface area contributed by atoms with E-state index in [4.69, 9.17) is 11.6 Å². The van der Waals surface area contributed by atoms with Crippen molar-refractivity contribution in [2.45, 2.75) is 4.21 Å². The third-order valence-corrected chi connectivity index (χ3v) is 7.63. The van der Waals surface area contributed by atoms with Crippen molar-refractivity contribution < 1.29 is 17.6 Å². The molecule has 2 heterocycles. The van der Waals surface area contributed by atoms with E-state index < -0.39 is 15.8 Å². The Kier molecular flexibility index (Phi) is 5.76. The molecule has 1 saturated heterocycles. The van der Waals surface area contributed by atoms with Crippen LogP contribution in [-0.4, -0.2) is 49.7 Å². The molecule has 0 aliphatic carbocycles. The highest BCUT2D eigenvalue weighted by molar-refractivity contribution is 7.91. The first-order valence-electron chi connectivity index (χ1n) is 7.84. The quantitative estimate of drug-likeness (QED) is 0.722. The Labute approximate surface area is 160 Å². The Morgan fingerprint density at radius 1 is 1.15 bits per heavy atom. The molecule has 0 spiro atoms. The summed E-state index contributed by atoms with van der Waals surface area (Å²) in [5.74, 6) is -0.814. The maximum absolute atomic E-state index is 13.7. The number of piperazine rings is 1. The van der Waals surface area contributed by atoms with Crippen LogP contribution in [0.1, 0.15) is 5.56 Å². The molecule has 1 fully saturated rings. The zero-order chi connectivity index (χ0) is 18.7. The van der Waals surface area contributed by atoms with Crippen molar-refractivity contribution in [2.24, 2.45) is 0 Å². The average Bonchev–Trinajstić information content (AvgIpc) is 3.17. The number of hydrogen-bond acceptors (Lipinski definition) is 4. The summed E-state index contributed by atoms with van der Waals surface area (Å²) in [7, 11) is -3.51. The minimum absolute atomic E-state index is 0.154. The van der Waals surface area contributed by atoms with Crippen molar-refractivity contribution in [2.75, 3.05) is 26.2 Å². The van der Waals surface area contributed by atoms with Gasteiger partial charge in [-0.15, -0.1) is 11.3 Å². The second kappa shape index (κ2) is 7.87. The molecule has 0 bridgehead atoms. The molecule has 1 aromatic heterocycles. The minimum Gasteiger partial charge on any atom is -0.337 e. The summed E-state index contributed by atoms with van der Waals surface area (Å²) in [6, 6.07) is 7.56. The van der Waals surface area contributed by atoms with Gasteiger partial charge in [-0.1, -0.05) is 23.7 Å². The van der Waals surface area contributed by atoms with Crippen LogP contribution in [-0.2, 0) is 14.8 Å². The maximum Gasteiger partial charge on any atom is 0.252 e. The van der Waals surface area contributed by atoms with Gasteiger partial charge in [-0.25, -0.2) is 12.8 Å². The number of carbonyl (C=O) groups is 1. The van der Waals surface area contributed by atoms with Crippen molar-refractivity contribution >= 4 is 44.9 Å². The monoisotopic (exact) mass is 414 g/mol. The second-order valence-corrected chi connectivity index (χ2v) is 9.15. The van der Waals surface area contributed by atoms with Gasteiger partial charge in [0.25, 0.3) is 10.0 Å². The van der Waals surface area contributed by atoms with E-state index in [9.17, 15) is 17.6 Å². The van der Waals surface area contributed by atoms with Crippen LogP contribution in [0.5, 0.6) is 0 Å². The number of nitrogens with zero attached hydrogens (tertiary/aromatic N) is 2. The van der Waals surface area contributed by atoms with Crippen LogP contribution >= 0.6 is 22.9 Å². The molecular formula is C17H16ClFN2O3S2. The summed E-state index contributed by atoms with van der Waals surface area (Å²) in [5.41, 5.74) is 0.154. The first-order chi connectivity index (χ1) is 12.4. The molecule has 2 aromatic rings. The fourth-order valence-corrected chi connectivity index (χ4v) is 5.41. The van der Waals surface area contributed by atoms with Crippen molar-refractivity contribution in [1.82, 2.24) is 9.21 Å². The van der Waals surface area contributed by atoms with Gasteiger partial charge in [0, 0.05) is 37.8 Å². The van der Waals surface area contributed by atoms with Gasteiger partial charge >= 0.3 is 0 Å². The number of benzene rings is 1. The molecule has 1 aliphatic heterocycles. The molecule has 1 amide bonds. The van der Waals surface area contributed by atoms with E-state index >= 15 is 0 Å². The van der Waals surface area contributed by atoms with E-state index in [0.717, 1.165) is 0 Å². The van der Waals surface area contributed by atoms with Crippen molar-refractivity contribution in [3.8, 4) is 0 Å². The molecule has 0 atom stereocenters. The minimum atomic E-state index is -3.51. The molecular weight excluding hydrogens is 399 g/mol. The highest BCUT2D eigenvalue weighted by atomic mass is 35.5. The number of carbonyl (C=O) groups excluding carboxylic acids is 1. The third-order valence-electron chi connectivity index (χ3n) is 4.03. The van der Waals surface area contributed by atoms with Crippen LogP contribution in [0.2, 0.25) is 5.02 Å². The molecule has 0 unspecified atom stereocenters. The summed E-state index contributed by atoms with van der Waals surface area (Å²) in [6.07, 6.45) is 2.60. The summed E-state index contributed by atoms with van der Waals surface area (Å²) >= 11 is 7.10. The van der Waals surface area contributed by atoms with E-state index in [0.29, 0.717) is 4.21 Å². The SMILES string of the molecule is O=C(/C=C/c1c(F)cccc1Cl)N1CCN(S(=O)(=O)c2cccs2)CC1. The molecule has 5 nitrogen and oxygen atoms in total. The number of rotatable bonds is 4. The normalized spacial score (nSPS) is 16.3. The van der Waals surface area contributed by atoms with Gasteiger partial charge in [0.2, 0.25) is 5.91 Å². The van der Waals surface area contributed by atoms with Crippen LogP contribution in [0.15, 0.2) is 46.0 Å². The van der Waals surface area contributed by atoms with Gasteiger partial charge in [-0.3, -0.25) is 4.79 Å². The van der Waals surface area contributed by atoms with Gasteiger partial charge in [-0.05, 0) is 29.7 Å². The number of hydrogen-bond donors (Lipinski definition) is 0. The molecule has 1 aromatic carbocycles. The Morgan fingerprint density at radius 3 is 2.50 bits per heavy atom. The Bertz CT molecular complexity index is 901. The largest absolute Gasteiger partial charge is 0.337 e. The Hall–Kier alpha value is -1.74. The Morgan fingerprint density at radius 2 is 1.88 bits per heavy atom. The number of sulfonamides is 1.